The van der Waals surface area contributed by atoms with Gasteiger partial charge in [0.25, 0.3) is 11.6 Å². The number of rotatable bonds is 6. The molecule has 2 aromatic carbocycles. The van der Waals surface area contributed by atoms with Gasteiger partial charge in [-0.05, 0) is 68.0 Å². The lowest BCUT2D eigenvalue weighted by atomic mass is 10.1. The van der Waals surface area contributed by atoms with E-state index in [1.807, 2.05) is 35.5 Å². The normalized spacial score (nSPS) is 13.8. The molecule has 10 heteroatoms. The summed E-state index contributed by atoms with van der Waals surface area (Å²) >= 11 is 0. The molecule has 36 heavy (non-hydrogen) atoms. The molecule has 0 aliphatic carbocycles. The van der Waals surface area contributed by atoms with E-state index in [2.05, 4.69) is 5.32 Å². The number of hydrogen-bond acceptors (Lipinski definition) is 6. The summed E-state index contributed by atoms with van der Waals surface area (Å²) in [7, 11) is 0. The number of aromatic nitrogens is 1. The number of hydrogen-bond donors (Lipinski definition) is 1. The summed E-state index contributed by atoms with van der Waals surface area (Å²) in [5, 5.41) is 24.0. The molecule has 2 heterocycles. The van der Waals surface area contributed by atoms with Crippen LogP contribution in [0.15, 0.2) is 54.1 Å². The van der Waals surface area contributed by atoms with Crippen LogP contribution in [-0.4, -0.2) is 41.7 Å². The molecule has 4 rings (SSSR count). The van der Waals surface area contributed by atoms with Gasteiger partial charge in [0.15, 0.2) is 0 Å². The minimum atomic E-state index is -0.626. The highest BCUT2D eigenvalue weighted by Crippen LogP contribution is 2.33. The summed E-state index contributed by atoms with van der Waals surface area (Å²) < 4.78 is 20.3. The number of halogens is 1. The SMILES string of the molecule is Cc1cc(C=C(C#N)C(=O)Nc2ccc(F)cc2)c(C)n1-c1ccc(N2CCOCC2)c([N+](=O)[O-])c1. The van der Waals surface area contributed by atoms with Crippen molar-refractivity contribution in [1.29, 1.82) is 5.26 Å². The van der Waals surface area contributed by atoms with E-state index in [1.54, 1.807) is 12.1 Å². The second-order valence-corrected chi connectivity index (χ2v) is 8.32. The number of nitriles is 1. The van der Waals surface area contributed by atoms with Crippen molar-refractivity contribution in [2.45, 2.75) is 13.8 Å². The van der Waals surface area contributed by atoms with Crippen LogP contribution in [0.2, 0.25) is 0 Å². The Morgan fingerprint density at radius 1 is 1.17 bits per heavy atom. The lowest BCUT2D eigenvalue weighted by molar-refractivity contribution is -0.384. The molecule has 0 radical (unpaired) electrons. The van der Waals surface area contributed by atoms with E-state index in [9.17, 15) is 24.6 Å². The highest BCUT2D eigenvalue weighted by Gasteiger charge is 2.23. The predicted molar refractivity (Wildman–Crippen MR) is 134 cm³/mol. The van der Waals surface area contributed by atoms with Gasteiger partial charge in [-0.2, -0.15) is 5.26 Å². The number of carbonyl (C=O) groups is 1. The molecule has 1 N–H and O–H groups in total. The van der Waals surface area contributed by atoms with Crippen LogP contribution in [0, 0.1) is 41.1 Å². The molecule has 1 aromatic heterocycles. The maximum atomic E-state index is 13.1. The zero-order valence-corrected chi connectivity index (χ0v) is 19.8. The zero-order chi connectivity index (χ0) is 25.8. The lowest BCUT2D eigenvalue weighted by Crippen LogP contribution is -2.36. The Bertz CT molecular complexity index is 1380. The van der Waals surface area contributed by atoms with Crippen molar-refractivity contribution in [1.82, 2.24) is 4.57 Å². The van der Waals surface area contributed by atoms with E-state index in [0.29, 0.717) is 54.6 Å². The van der Waals surface area contributed by atoms with Crippen LogP contribution in [0.3, 0.4) is 0 Å². The summed E-state index contributed by atoms with van der Waals surface area (Å²) in [6.45, 7) is 5.84. The average Bonchev–Trinajstić information content (AvgIpc) is 3.16. The Hall–Kier alpha value is -4.49. The number of benzene rings is 2. The zero-order valence-electron chi connectivity index (χ0n) is 19.8. The molecule has 1 aliphatic rings. The van der Waals surface area contributed by atoms with Crippen molar-refractivity contribution in [3.63, 3.8) is 0 Å². The van der Waals surface area contributed by atoms with Crippen LogP contribution in [-0.2, 0) is 9.53 Å². The largest absolute Gasteiger partial charge is 0.378 e. The second kappa shape index (κ2) is 10.4. The highest BCUT2D eigenvalue weighted by atomic mass is 19.1. The summed E-state index contributed by atoms with van der Waals surface area (Å²) in [5.41, 5.74) is 3.48. The van der Waals surface area contributed by atoms with Gasteiger partial charge in [-0.1, -0.05) is 0 Å². The number of nitrogens with zero attached hydrogens (tertiary/aromatic N) is 4. The molecule has 184 valence electrons. The molecular weight excluding hydrogens is 465 g/mol. The molecule has 3 aromatic rings. The third-order valence-corrected chi connectivity index (χ3v) is 6.00. The van der Waals surface area contributed by atoms with Crippen molar-refractivity contribution in [2.75, 3.05) is 36.5 Å². The summed E-state index contributed by atoms with van der Waals surface area (Å²) in [4.78, 5) is 26.0. The Morgan fingerprint density at radius 2 is 1.86 bits per heavy atom. The van der Waals surface area contributed by atoms with Gasteiger partial charge < -0.3 is 19.5 Å². The van der Waals surface area contributed by atoms with Gasteiger partial charge >= 0.3 is 0 Å². The third kappa shape index (κ3) is 5.11. The molecule has 1 aliphatic heterocycles. The van der Waals surface area contributed by atoms with Gasteiger partial charge in [-0.3, -0.25) is 14.9 Å². The number of nitrogens with one attached hydrogen (secondary N) is 1. The summed E-state index contributed by atoms with van der Waals surface area (Å²) in [6.07, 6.45) is 1.47. The first-order valence-corrected chi connectivity index (χ1v) is 11.3. The first-order chi connectivity index (χ1) is 17.3. The molecular formula is C26H24FN5O4. The molecule has 1 amide bonds. The Labute approximate surface area is 207 Å². The van der Waals surface area contributed by atoms with Crippen LogP contribution in [0.25, 0.3) is 11.8 Å². The smallest absolute Gasteiger partial charge is 0.294 e. The fourth-order valence-corrected chi connectivity index (χ4v) is 4.24. The predicted octanol–water partition coefficient (Wildman–Crippen LogP) is 4.52. The van der Waals surface area contributed by atoms with Gasteiger partial charge in [0.2, 0.25) is 0 Å². The number of nitro benzene ring substituents is 1. The number of nitro groups is 1. The van der Waals surface area contributed by atoms with Crippen LogP contribution in [0.4, 0.5) is 21.5 Å². The van der Waals surface area contributed by atoms with Gasteiger partial charge in [0.1, 0.15) is 23.1 Å². The van der Waals surface area contributed by atoms with Gasteiger partial charge in [0.05, 0.1) is 23.8 Å². The molecule has 0 saturated carbocycles. The third-order valence-electron chi connectivity index (χ3n) is 6.00. The lowest BCUT2D eigenvalue weighted by Gasteiger charge is -2.28. The van der Waals surface area contributed by atoms with Crippen molar-refractivity contribution >= 4 is 29.0 Å². The first-order valence-electron chi connectivity index (χ1n) is 11.3. The number of amides is 1. The van der Waals surface area contributed by atoms with Crippen molar-refractivity contribution in [3.8, 4) is 11.8 Å². The fraction of sp³-hybridized carbons (Fsp3) is 0.231. The van der Waals surface area contributed by atoms with Crippen molar-refractivity contribution < 1.29 is 18.8 Å². The van der Waals surface area contributed by atoms with Crippen LogP contribution in [0.1, 0.15) is 17.0 Å². The molecule has 1 fully saturated rings. The Kier molecular flexibility index (Phi) is 7.12. The maximum absolute atomic E-state index is 13.1. The average molecular weight is 490 g/mol. The minimum absolute atomic E-state index is 0.00428. The Morgan fingerprint density at radius 3 is 2.50 bits per heavy atom. The van der Waals surface area contributed by atoms with Gasteiger partial charge in [-0.15, -0.1) is 0 Å². The number of morpholine rings is 1. The van der Waals surface area contributed by atoms with E-state index in [4.69, 9.17) is 4.74 Å². The molecule has 0 spiro atoms. The van der Waals surface area contributed by atoms with E-state index in [-0.39, 0.29) is 11.3 Å². The minimum Gasteiger partial charge on any atom is -0.378 e. The van der Waals surface area contributed by atoms with E-state index in [0.717, 1.165) is 5.69 Å². The number of anilines is 2. The molecule has 0 bridgehead atoms. The van der Waals surface area contributed by atoms with E-state index >= 15 is 0 Å². The van der Waals surface area contributed by atoms with Crippen molar-refractivity contribution in [2.24, 2.45) is 0 Å². The van der Waals surface area contributed by atoms with Crippen LogP contribution >= 0.6 is 0 Å². The monoisotopic (exact) mass is 489 g/mol. The Balaban J connectivity index is 1.66. The molecule has 1 saturated heterocycles. The maximum Gasteiger partial charge on any atom is 0.294 e. The first kappa shape index (κ1) is 24.6. The second-order valence-electron chi connectivity index (χ2n) is 8.32. The van der Waals surface area contributed by atoms with E-state index < -0.39 is 16.6 Å². The van der Waals surface area contributed by atoms with Crippen molar-refractivity contribution in [3.05, 3.63) is 87.0 Å². The fourth-order valence-electron chi connectivity index (χ4n) is 4.24. The quantitative estimate of drug-likeness (QED) is 0.236. The number of ether oxygens (including phenoxy) is 1. The highest BCUT2D eigenvalue weighted by molar-refractivity contribution is 6.09. The van der Waals surface area contributed by atoms with Gasteiger partial charge in [-0.25, -0.2) is 4.39 Å². The molecule has 0 unspecified atom stereocenters. The van der Waals surface area contributed by atoms with Crippen LogP contribution < -0.4 is 10.2 Å². The number of aryl methyl sites for hydroxylation is 1. The van der Waals surface area contributed by atoms with Gasteiger partial charge in [0, 0.05) is 36.2 Å². The topological polar surface area (TPSA) is 113 Å². The summed E-state index contributed by atoms with van der Waals surface area (Å²) in [5.74, 6) is -1.06. The van der Waals surface area contributed by atoms with E-state index in [1.165, 1.54) is 36.4 Å². The number of carbonyl (C=O) groups excluding carboxylic acids is 1. The molecule has 0 atom stereocenters. The molecule has 9 nitrogen and oxygen atoms in total. The standard InChI is InChI=1S/C26H24FN5O4/c1-17-13-19(14-20(16-28)26(33)29-22-5-3-21(27)4-6-22)18(2)31(17)23-7-8-24(25(15-23)32(34)35)30-9-11-36-12-10-30/h3-8,13-15H,9-12H2,1-2H3,(H,29,33). The summed E-state index contributed by atoms with van der Waals surface area (Å²) in [6, 6.07) is 14.0. The van der Waals surface area contributed by atoms with Crippen LogP contribution in [0.5, 0.6) is 0 Å².